The molecular formula is C19H23N3O4. The molecule has 7 heteroatoms. The molecule has 4 aliphatic rings. The maximum absolute atomic E-state index is 12.7. The van der Waals surface area contributed by atoms with Crippen LogP contribution < -0.4 is 19.7 Å². The number of nitrogens with one attached hydrogen (secondary N) is 1. The number of carbonyl (C=O) groups is 2. The molecule has 3 heterocycles. The molecular weight excluding hydrogens is 334 g/mol. The van der Waals surface area contributed by atoms with Gasteiger partial charge in [-0.2, -0.15) is 0 Å². The Morgan fingerprint density at radius 1 is 1.15 bits per heavy atom. The Labute approximate surface area is 152 Å². The Morgan fingerprint density at radius 3 is 2.77 bits per heavy atom. The van der Waals surface area contributed by atoms with Crippen molar-refractivity contribution in [2.24, 2.45) is 5.41 Å². The largest absolute Gasteiger partial charge is 0.486 e. The summed E-state index contributed by atoms with van der Waals surface area (Å²) in [5.74, 6) is 1.54. The molecule has 1 saturated carbocycles. The molecule has 2 saturated heterocycles. The van der Waals surface area contributed by atoms with Gasteiger partial charge in [-0.25, -0.2) is 4.79 Å². The van der Waals surface area contributed by atoms with Gasteiger partial charge in [0, 0.05) is 49.3 Å². The first kappa shape index (κ1) is 15.8. The molecule has 0 unspecified atom stereocenters. The van der Waals surface area contributed by atoms with Crippen LogP contribution in [0, 0.1) is 5.41 Å². The van der Waals surface area contributed by atoms with E-state index in [0.717, 1.165) is 37.2 Å². The Bertz CT molecular complexity index is 763. The number of carbonyl (C=O) groups excluding carboxylic acids is 2. The smallest absolute Gasteiger partial charge is 0.317 e. The van der Waals surface area contributed by atoms with Gasteiger partial charge in [0.1, 0.15) is 13.2 Å². The van der Waals surface area contributed by atoms with Gasteiger partial charge < -0.3 is 24.6 Å². The van der Waals surface area contributed by atoms with Gasteiger partial charge in [0.2, 0.25) is 5.91 Å². The minimum absolute atomic E-state index is 0.0228. The lowest BCUT2D eigenvalue weighted by atomic mass is 9.86. The van der Waals surface area contributed by atoms with Crippen LogP contribution in [0.1, 0.15) is 25.7 Å². The highest BCUT2D eigenvalue weighted by atomic mass is 16.6. The highest BCUT2D eigenvalue weighted by Crippen LogP contribution is 2.43. The molecule has 7 nitrogen and oxygen atoms in total. The molecule has 3 aliphatic heterocycles. The van der Waals surface area contributed by atoms with E-state index in [1.54, 1.807) is 0 Å². The summed E-state index contributed by atoms with van der Waals surface area (Å²) in [4.78, 5) is 28.7. The fourth-order valence-electron chi connectivity index (χ4n) is 4.21. The summed E-state index contributed by atoms with van der Waals surface area (Å²) >= 11 is 0. The third-order valence-electron chi connectivity index (χ3n) is 5.79. The zero-order valence-corrected chi connectivity index (χ0v) is 14.7. The lowest BCUT2D eigenvalue weighted by Gasteiger charge is -2.25. The number of rotatable bonds is 2. The van der Waals surface area contributed by atoms with Crippen molar-refractivity contribution in [3.63, 3.8) is 0 Å². The number of hydrogen-bond donors (Lipinski definition) is 1. The summed E-state index contributed by atoms with van der Waals surface area (Å²) < 4.78 is 11.2. The van der Waals surface area contributed by atoms with Crippen molar-refractivity contribution in [2.45, 2.75) is 31.7 Å². The first-order valence-corrected chi connectivity index (χ1v) is 9.37. The van der Waals surface area contributed by atoms with Crippen molar-refractivity contribution >= 4 is 17.6 Å². The van der Waals surface area contributed by atoms with E-state index in [1.807, 2.05) is 28.0 Å². The third kappa shape index (κ3) is 2.75. The van der Waals surface area contributed by atoms with Crippen LogP contribution >= 0.6 is 0 Å². The number of nitrogens with zero attached hydrogens (tertiary/aromatic N) is 2. The Hall–Kier alpha value is -2.44. The van der Waals surface area contributed by atoms with Crippen LogP contribution in [-0.4, -0.2) is 55.7 Å². The van der Waals surface area contributed by atoms with Crippen molar-refractivity contribution in [1.82, 2.24) is 10.2 Å². The lowest BCUT2D eigenvalue weighted by Crippen LogP contribution is -2.41. The van der Waals surface area contributed by atoms with Crippen molar-refractivity contribution in [2.75, 3.05) is 37.7 Å². The molecule has 1 aliphatic carbocycles. The van der Waals surface area contributed by atoms with Crippen LogP contribution in [0.15, 0.2) is 18.2 Å². The fraction of sp³-hybridized carbons (Fsp3) is 0.579. The predicted octanol–water partition coefficient (Wildman–Crippen LogP) is 1.76. The highest BCUT2D eigenvalue weighted by molar-refractivity contribution is 5.97. The third-order valence-corrected chi connectivity index (χ3v) is 5.79. The zero-order chi connectivity index (χ0) is 17.7. The summed E-state index contributed by atoms with van der Waals surface area (Å²) in [5.41, 5.74) is 0.711. The molecule has 0 radical (unpaired) electrons. The van der Waals surface area contributed by atoms with E-state index in [0.29, 0.717) is 44.5 Å². The van der Waals surface area contributed by atoms with E-state index in [4.69, 9.17) is 9.47 Å². The van der Waals surface area contributed by atoms with Crippen LogP contribution in [0.25, 0.3) is 0 Å². The Kier molecular flexibility index (Phi) is 3.52. The van der Waals surface area contributed by atoms with E-state index in [9.17, 15) is 9.59 Å². The number of ether oxygens (including phenoxy) is 2. The second kappa shape index (κ2) is 5.79. The molecule has 0 aromatic heterocycles. The highest BCUT2D eigenvalue weighted by Gasteiger charge is 2.49. The van der Waals surface area contributed by atoms with Gasteiger partial charge in [-0.1, -0.05) is 0 Å². The number of anilines is 1. The van der Waals surface area contributed by atoms with Crippen LogP contribution in [-0.2, 0) is 4.79 Å². The van der Waals surface area contributed by atoms with E-state index in [2.05, 4.69) is 5.32 Å². The topological polar surface area (TPSA) is 71.1 Å². The maximum Gasteiger partial charge on any atom is 0.317 e. The molecule has 1 atom stereocenters. The molecule has 1 N–H and O–H groups in total. The van der Waals surface area contributed by atoms with Gasteiger partial charge in [-0.15, -0.1) is 0 Å². The van der Waals surface area contributed by atoms with Gasteiger partial charge >= 0.3 is 6.03 Å². The summed E-state index contributed by atoms with van der Waals surface area (Å²) in [6.45, 7) is 3.11. The molecule has 5 rings (SSSR count). The number of hydrogen-bond acceptors (Lipinski definition) is 4. The second-order valence-corrected chi connectivity index (χ2v) is 7.88. The SMILES string of the molecule is O=C(NC1CC1)N1CC[C@@]2(CC(=O)N(c3ccc4c(c3)OCCO4)C2)C1. The number of likely N-dealkylation sites (tertiary alicyclic amines) is 1. The van der Waals surface area contributed by atoms with Crippen LogP contribution in [0.4, 0.5) is 10.5 Å². The average molecular weight is 357 g/mol. The first-order chi connectivity index (χ1) is 12.6. The molecule has 1 spiro atoms. The van der Waals surface area contributed by atoms with E-state index >= 15 is 0 Å². The summed E-state index contributed by atoms with van der Waals surface area (Å²) in [7, 11) is 0. The molecule has 1 aromatic carbocycles. The van der Waals surface area contributed by atoms with Gasteiger partial charge in [0.15, 0.2) is 11.5 Å². The summed E-state index contributed by atoms with van der Waals surface area (Å²) in [6, 6.07) is 6.05. The quantitative estimate of drug-likeness (QED) is 0.876. The summed E-state index contributed by atoms with van der Waals surface area (Å²) in [5, 5.41) is 3.05. The number of fused-ring (bicyclic) bond motifs is 1. The molecule has 0 bridgehead atoms. The molecule has 138 valence electrons. The first-order valence-electron chi connectivity index (χ1n) is 9.37. The van der Waals surface area contributed by atoms with Crippen LogP contribution in [0.2, 0.25) is 0 Å². The Morgan fingerprint density at radius 2 is 1.96 bits per heavy atom. The fourth-order valence-corrected chi connectivity index (χ4v) is 4.21. The molecule has 26 heavy (non-hydrogen) atoms. The van der Waals surface area contributed by atoms with Crippen molar-refractivity contribution in [3.05, 3.63) is 18.2 Å². The van der Waals surface area contributed by atoms with E-state index in [1.165, 1.54) is 0 Å². The lowest BCUT2D eigenvalue weighted by molar-refractivity contribution is -0.117. The Balaban J connectivity index is 1.30. The number of benzene rings is 1. The monoisotopic (exact) mass is 357 g/mol. The van der Waals surface area contributed by atoms with Gasteiger partial charge in [-0.3, -0.25) is 4.79 Å². The van der Waals surface area contributed by atoms with E-state index < -0.39 is 0 Å². The summed E-state index contributed by atoms with van der Waals surface area (Å²) in [6.07, 6.45) is 3.54. The van der Waals surface area contributed by atoms with Crippen LogP contribution in [0.3, 0.4) is 0 Å². The van der Waals surface area contributed by atoms with Gasteiger partial charge in [0.05, 0.1) is 0 Å². The van der Waals surface area contributed by atoms with Gasteiger partial charge in [0.25, 0.3) is 0 Å². The minimum atomic E-state index is -0.134. The van der Waals surface area contributed by atoms with Crippen molar-refractivity contribution in [1.29, 1.82) is 0 Å². The van der Waals surface area contributed by atoms with E-state index in [-0.39, 0.29) is 17.4 Å². The second-order valence-electron chi connectivity index (χ2n) is 7.88. The van der Waals surface area contributed by atoms with Crippen LogP contribution in [0.5, 0.6) is 11.5 Å². The minimum Gasteiger partial charge on any atom is -0.486 e. The van der Waals surface area contributed by atoms with Gasteiger partial charge in [-0.05, 0) is 31.4 Å². The van der Waals surface area contributed by atoms with Crippen molar-refractivity contribution < 1.29 is 19.1 Å². The molecule has 1 aromatic rings. The molecule has 3 amide bonds. The predicted molar refractivity (Wildman–Crippen MR) is 94.6 cm³/mol. The maximum atomic E-state index is 12.7. The zero-order valence-electron chi connectivity index (χ0n) is 14.7. The number of urea groups is 1. The standard InChI is InChI=1S/C19H23N3O4/c23-17-10-19(5-6-21(11-19)18(24)20-13-1-2-13)12-22(17)14-3-4-15-16(9-14)26-8-7-25-15/h3-4,9,13H,1-2,5-8,10-12H2,(H,20,24)/t19-/m1/s1. The molecule has 3 fully saturated rings. The number of amides is 3. The average Bonchev–Trinajstić information content (AvgIpc) is 3.27. The van der Waals surface area contributed by atoms with Crippen molar-refractivity contribution in [3.8, 4) is 11.5 Å². The normalized spacial score (nSPS) is 27.3.